The van der Waals surface area contributed by atoms with E-state index in [0.717, 1.165) is 50.0 Å². The number of carbonyl (C=O) groups is 2. The van der Waals surface area contributed by atoms with E-state index in [0.29, 0.717) is 23.0 Å². The van der Waals surface area contributed by atoms with Crippen molar-refractivity contribution < 1.29 is 28.3 Å². The lowest BCUT2D eigenvalue weighted by Crippen LogP contribution is -2.52. The number of anilines is 1. The van der Waals surface area contributed by atoms with Crippen LogP contribution in [0.4, 0.5) is 5.69 Å². The molecule has 6 aromatic rings. The number of carbonyl (C=O) groups excluding carboxylic acids is 2. The molecule has 7 heterocycles. The van der Waals surface area contributed by atoms with Gasteiger partial charge >= 0.3 is 0 Å². The molecule has 2 amide bonds. The first-order valence-electron chi connectivity index (χ1n) is 17.8. The molecule has 268 valence electrons. The fourth-order valence-corrected chi connectivity index (χ4v) is 8.68. The number of oxazole rings is 2. The highest BCUT2D eigenvalue weighted by Gasteiger charge is 2.61. The van der Waals surface area contributed by atoms with E-state index in [1.807, 2.05) is 56.4 Å². The van der Waals surface area contributed by atoms with Crippen LogP contribution in [0, 0.1) is 11.8 Å². The van der Waals surface area contributed by atoms with Gasteiger partial charge in [-0.25, -0.2) is 4.98 Å². The molecule has 0 radical (unpaired) electrons. The molecular weight excluding hydrogens is 696 g/mol. The Labute approximate surface area is 308 Å². The molecule has 3 aromatic carbocycles. The average molecular weight is 731 g/mol. The number of nitrogens with one attached hydrogen (secondary N) is 4. The second-order valence-corrected chi connectivity index (χ2v) is 15.4. The van der Waals surface area contributed by atoms with Crippen molar-refractivity contribution in [3.8, 4) is 39.8 Å². The second-order valence-electron chi connectivity index (χ2n) is 15.0. The van der Waals surface area contributed by atoms with Crippen molar-refractivity contribution in [3.63, 3.8) is 0 Å². The van der Waals surface area contributed by atoms with Gasteiger partial charge in [0, 0.05) is 51.5 Å². The van der Waals surface area contributed by atoms with Gasteiger partial charge in [-0.05, 0) is 35.1 Å². The summed E-state index contributed by atoms with van der Waals surface area (Å²) in [4.78, 5) is 40.6. The zero-order valence-electron chi connectivity index (χ0n) is 29.2. The summed E-state index contributed by atoms with van der Waals surface area (Å²) in [7, 11) is 0. The third kappa shape index (κ3) is 4.39. The fraction of sp³-hybridized carbons (Fsp3) is 0.300. The SMILES string of the molecule is CC(C)[C@H](O)C(=O)NC1Cc2ccc3c(c2)C24c5cccc(c5NC2O3)-c2cccc3[nH]cc(c23)-c2oc(nc2Cl)-c2nc(oc24)[C@H](C(C)C)NC1=O. The van der Waals surface area contributed by atoms with Gasteiger partial charge in [-0.2, -0.15) is 4.98 Å². The molecule has 0 saturated carbocycles. The van der Waals surface area contributed by atoms with E-state index in [9.17, 15) is 14.7 Å². The fourth-order valence-electron chi connectivity index (χ4n) is 8.46. The number of halogens is 1. The number of amides is 2. The van der Waals surface area contributed by atoms with Crippen LogP contribution in [0.1, 0.15) is 62.1 Å². The van der Waals surface area contributed by atoms with Crippen LogP contribution in [0.25, 0.3) is 44.9 Å². The lowest BCUT2D eigenvalue weighted by atomic mass is 9.72. The molecule has 13 heteroatoms. The highest BCUT2D eigenvalue weighted by molar-refractivity contribution is 6.32. The molecule has 1 spiro atoms. The number of aliphatic hydroxyl groups is 1. The number of benzene rings is 3. The Morgan fingerprint density at radius 1 is 1.00 bits per heavy atom. The molecule has 4 aliphatic heterocycles. The minimum atomic E-state index is -1.29. The van der Waals surface area contributed by atoms with E-state index in [1.54, 1.807) is 13.8 Å². The second kappa shape index (κ2) is 11.2. The van der Waals surface area contributed by atoms with Crippen molar-refractivity contribution in [1.29, 1.82) is 0 Å². The monoisotopic (exact) mass is 730 g/mol. The summed E-state index contributed by atoms with van der Waals surface area (Å²) >= 11 is 6.93. The van der Waals surface area contributed by atoms with Crippen LogP contribution in [-0.4, -0.2) is 50.2 Å². The normalized spacial score (nSPS) is 22.4. The lowest BCUT2D eigenvalue weighted by molar-refractivity contribution is -0.135. The van der Waals surface area contributed by atoms with Gasteiger partial charge in [0.1, 0.15) is 29.4 Å². The largest absolute Gasteiger partial charge is 0.469 e. The van der Waals surface area contributed by atoms with Crippen LogP contribution in [-0.2, 0) is 21.4 Å². The summed E-state index contributed by atoms with van der Waals surface area (Å²) in [6.45, 7) is 7.39. The molecule has 12 nitrogen and oxygen atoms in total. The standard InChI is InChI=1S/C40H35ClN6O6/c1-16(2)28-37-45-30-33(53-37)40-22-9-5-8-20(19-7-6-10-24-27(19)21(15-42-24)32-34(41)47-38(30)52-32)29(22)46-39(40)51-26-12-11-18(13-23(26)40)14-25(35(49)44-28)43-36(50)31(48)17(3)4/h5-13,15-17,25,28,31,39,42,46,48H,14H2,1-4H3,(H,43,50)(H,44,49)/t25?,28-,31-,39?,40?/m0/s1. The summed E-state index contributed by atoms with van der Waals surface area (Å²) in [5, 5.41) is 21.4. The number of rotatable bonds is 4. The van der Waals surface area contributed by atoms with Crippen LogP contribution >= 0.6 is 11.6 Å². The number of H-pyrrole nitrogens is 1. The van der Waals surface area contributed by atoms with E-state index in [2.05, 4.69) is 39.1 Å². The van der Waals surface area contributed by atoms with E-state index < -0.39 is 41.6 Å². The van der Waals surface area contributed by atoms with Crippen molar-refractivity contribution in [2.75, 3.05) is 5.32 Å². The van der Waals surface area contributed by atoms with Gasteiger partial charge in [0.15, 0.2) is 28.6 Å². The Hall–Kier alpha value is -5.59. The quantitative estimate of drug-likeness (QED) is 0.137. The maximum absolute atomic E-state index is 14.2. The van der Waals surface area contributed by atoms with Gasteiger partial charge in [0.05, 0.1) is 0 Å². The summed E-state index contributed by atoms with van der Waals surface area (Å²) in [5.41, 5.74) is 6.11. The topological polar surface area (TPSA) is 168 Å². The Balaban J connectivity index is 1.29. The summed E-state index contributed by atoms with van der Waals surface area (Å²) < 4.78 is 20.4. The number of hydrogen-bond acceptors (Lipinski definition) is 9. The van der Waals surface area contributed by atoms with Gasteiger partial charge < -0.3 is 39.6 Å². The molecule has 0 fully saturated rings. The lowest BCUT2D eigenvalue weighted by Gasteiger charge is -2.29. The van der Waals surface area contributed by atoms with Crippen LogP contribution in [0.15, 0.2) is 69.6 Å². The predicted octanol–water partition coefficient (Wildman–Crippen LogP) is 6.46. The smallest absolute Gasteiger partial charge is 0.250 e. The number of aliphatic hydroxyl groups excluding tert-OH is 1. The van der Waals surface area contributed by atoms with Gasteiger partial charge in [-0.15, -0.1) is 0 Å². The van der Waals surface area contributed by atoms with Crippen LogP contribution < -0.4 is 20.7 Å². The number of fused-ring (bicyclic) bond motifs is 7. The molecule has 3 aromatic heterocycles. The summed E-state index contributed by atoms with van der Waals surface area (Å²) in [5.74, 6) is 0.198. The summed E-state index contributed by atoms with van der Waals surface area (Å²) in [6.07, 6.45) is 0.0551. The molecule has 0 saturated heterocycles. The first-order chi connectivity index (χ1) is 25.5. The van der Waals surface area contributed by atoms with Crippen LogP contribution in [0.2, 0.25) is 5.15 Å². The van der Waals surface area contributed by atoms with Crippen LogP contribution in [0.3, 0.4) is 0 Å². The Morgan fingerprint density at radius 2 is 1.81 bits per heavy atom. The van der Waals surface area contributed by atoms with E-state index in [-0.39, 0.29) is 35.2 Å². The number of para-hydroxylation sites is 1. The zero-order valence-corrected chi connectivity index (χ0v) is 30.0. The molecule has 10 rings (SSSR count). The highest BCUT2D eigenvalue weighted by Crippen LogP contribution is 2.61. The Kier molecular flexibility index (Phi) is 6.79. The molecule has 3 unspecified atom stereocenters. The molecular formula is C40H35ClN6O6. The average Bonchev–Trinajstić information content (AvgIpc) is 3.95. The van der Waals surface area contributed by atoms with E-state index in [1.165, 1.54) is 0 Å². The number of aromatic nitrogens is 3. The third-order valence-corrected chi connectivity index (χ3v) is 11.4. The molecule has 5 atom stereocenters. The number of nitrogens with zero attached hydrogens (tertiary/aromatic N) is 2. The first-order valence-corrected chi connectivity index (χ1v) is 18.2. The molecule has 5 N–H and O–H groups in total. The Bertz CT molecular complexity index is 2530. The highest BCUT2D eigenvalue weighted by atomic mass is 35.5. The van der Waals surface area contributed by atoms with Crippen molar-refractivity contribution in [1.82, 2.24) is 25.6 Å². The van der Waals surface area contributed by atoms with Crippen molar-refractivity contribution in [2.24, 2.45) is 11.8 Å². The number of aromatic amines is 1. The minimum absolute atomic E-state index is 0.151. The molecule has 10 bridgehead atoms. The van der Waals surface area contributed by atoms with Gasteiger partial charge in [-0.3, -0.25) is 9.59 Å². The van der Waals surface area contributed by atoms with E-state index in [4.69, 9.17) is 35.1 Å². The van der Waals surface area contributed by atoms with Crippen LogP contribution in [0.5, 0.6) is 5.75 Å². The minimum Gasteiger partial charge on any atom is -0.469 e. The van der Waals surface area contributed by atoms with Gasteiger partial charge in [0.2, 0.25) is 17.7 Å². The maximum atomic E-state index is 14.2. The molecule has 4 aliphatic rings. The molecule has 0 aliphatic carbocycles. The van der Waals surface area contributed by atoms with Crippen molar-refractivity contribution in [2.45, 2.75) is 63.9 Å². The first kappa shape index (κ1) is 32.1. The van der Waals surface area contributed by atoms with Crippen molar-refractivity contribution >= 4 is 40.0 Å². The number of hydrogen-bond donors (Lipinski definition) is 5. The van der Waals surface area contributed by atoms with Gasteiger partial charge in [-0.1, -0.05) is 81.8 Å². The maximum Gasteiger partial charge on any atom is 0.250 e. The van der Waals surface area contributed by atoms with Gasteiger partial charge in [0.25, 0.3) is 5.89 Å². The summed E-state index contributed by atoms with van der Waals surface area (Å²) in [6, 6.07) is 16.3. The zero-order chi connectivity index (χ0) is 36.5. The third-order valence-electron chi connectivity index (χ3n) is 11.1. The molecule has 53 heavy (non-hydrogen) atoms. The van der Waals surface area contributed by atoms with E-state index >= 15 is 0 Å². The predicted molar refractivity (Wildman–Crippen MR) is 196 cm³/mol. The van der Waals surface area contributed by atoms with Crippen molar-refractivity contribution in [3.05, 3.63) is 94.3 Å². The number of ether oxygens (including phenoxy) is 1. The Morgan fingerprint density at radius 3 is 2.62 bits per heavy atom.